The van der Waals surface area contributed by atoms with E-state index in [1.807, 2.05) is 27.7 Å². The first-order valence-electron chi connectivity index (χ1n) is 3.87. The zero-order valence-corrected chi connectivity index (χ0v) is 7.68. The van der Waals surface area contributed by atoms with Crippen molar-refractivity contribution in [1.82, 2.24) is 0 Å². The molecule has 0 unspecified atom stereocenters. The molecule has 1 fully saturated rings. The molecule has 0 bridgehead atoms. The smallest absolute Gasteiger partial charge is 0.178 e. The van der Waals surface area contributed by atoms with Crippen LogP contribution in [-0.4, -0.2) is 17.5 Å². The second kappa shape index (κ2) is 2.32. The summed E-state index contributed by atoms with van der Waals surface area (Å²) in [6.45, 7) is 11.7. The molecule has 0 N–H and O–H groups in total. The largest absolute Gasteiger partial charge is 0.340 e. The number of rotatable bonds is 1. The first-order valence-corrected chi connectivity index (χ1v) is 3.87. The Kier molecular flexibility index (Phi) is 1.85. The average molecular weight is 156 g/mol. The fourth-order valence-electron chi connectivity index (χ4n) is 0.985. The SMILES string of the molecule is C=CC1OC(C)(C)C(C)(C)O1. The molecule has 0 aromatic heterocycles. The van der Waals surface area contributed by atoms with Gasteiger partial charge in [-0.2, -0.15) is 0 Å². The highest BCUT2D eigenvalue weighted by atomic mass is 16.7. The van der Waals surface area contributed by atoms with Gasteiger partial charge in [-0.15, -0.1) is 0 Å². The van der Waals surface area contributed by atoms with E-state index >= 15 is 0 Å². The van der Waals surface area contributed by atoms with Crippen molar-refractivity contribution in [3.05, 3.63) is 12.7 Å². The maximum atomic E-state index is 5.57. The van der Waals surface area contributed by atoms with Gasteiger partial charge in [-0.1, -0.05) is 6.58 Å². The third-order valence-corrected chi connectivity index (χ3v) is 2.46. The molecule has 0 aliphatic carbocycles. The van der Waals surface area contributed by atoms with E-state index in [0.29, 0.717) is 0 Å². The van der Waals surface area contributed by atoms with Gasteiger partial charge in [-0.3, -0.25) is 0 Å². The zero-order chi connectivity index (χ0) is 8.70. The molecule has 1 aliphatic rings. The Balaban J connectivity index is 2.79. The minimum atomic E-state index is -0.250. The molecule has 0 aromatic carbocycles. The van der Waals surface area contributed by atoms with Crippen LogP contribution in [0.4, 0.5) is 0 Å². The van der Waals surface area contributed by atoms with Crippen molar-refractivity contribution in [1.29, 1.82) is 0 Å². The highest BCUT2D eigenvalue weighted by Crippen LogP contribution is 2.38. The molecule has 1 heterocycles. The first-order chi connectivity index (χ1) is 4.89. The summed E-state index contributed by atoms with van der Waals surface area (Å²) in [7, 11) is 0. The van der Waals surface area contributed by atoms with Gasteiger partial charge in [0.1, 0.15) is 0 Å². The lowest BCUT2D eigenvalue weighted by Crippen LogP contribution is -2.41. The molecule has 11 heavy (non-hydrogen) atoms. The van der Waals surface area contributed by atoms with Crippen LogP contribution in [0.3, 0.4) is 0 Å². The molecule has 1 rings (SSSR count). The number of ether oxygens (including phenoxy) is 2. The third-order valence-electron chi connectivity index (χ3n) is 2.46. The van der Waals surface area contributed by atoms with Crippen LogP contribution in [0.15, 0.2) is 12.7 Å². The molecule has 0 radical (unpaired) electrons. The van der Waals surface area contributed by atoms with E-state index in [-0.39, 0.29) is 17.5 Å². The van der Waals surface area contributed by atoms with Gasteiger partial charge in [0.25, 0.3) is 0 Å². The molecule has 0 amide bonds. The molecule has 0 aromatic rings. The highest BCUT2D eigenvalue weighted by molar-refractivity contribution is 4.97. The fraction of sp³-hybridized carbons (Fsp3) is 0.778. The van der Waals surface area contributed by atoms with E-state index < -0.39 is 0 Å². The standard InChI is InChI=1S/C9H16O2/c1-6-7-10-8(2,3)9(4,5)11-7/h6-7H,1H2,2-5H3. The molecule has 2 nitrogen and oxygen atoms in total. The minimum absolute atomic E-state index is 0.230. The van der Waals surface area contributed by atoms with Gasteiger partial charge >= 0.3 is 0 Å². The van der Waals surface area contributed by atoms with E-state index in [0.717, 1.165) is 0 Å². The van der Waals surface area contributed by atoms with Crippen molar-refractivity contribution in [3.8, 4) is 0 Å². The Morgan fingerprint density at radius 3 is 1.64 bits per heavy atom. The number of hydrogen-bond donors (Lipinski definition) is 0. The summed E-state index contributed by atoms with van der Waals surface area (Å²) in [6, 6.07) is 0. The first kappa shape index (κ1) is 8.75. The second-order valence-electron chi connectivity index (χ2n) is 3.86. The zero-order valence-electron chi connectivity index (χ0n) is 7.68. The summed E-state index contributed by atoms with van der Waals surface area (Å²) in [4.78, 5) is 0. The molecule has 1 aliphatic heterocycles. The van der Waals surface area contributed by atoms with Crippen molar-refractivity contribution in [2.75, 3.05) is 0 Å². The van der Waals surface area contributed by atoms with Gasteiger partial charge in [0, 0.05) is 0 Å². The Morgan fingerprint density at radius 1 is 1.09 bits per heavy atom. The monoisotopic (exact) mass is 156 g/mol. The summed E-state index contributed by atoms with van der Waals surface area (Å²) >= 11 is 0. The van der Waals surface area contributed by atoms with E-state index in [1.165, 1.54) is 0 Å². The van der Waals surface area contributed by atoms with Gasteiger partial charge in [-0.05, 0) is 33.8 Å². The predicted octanol–water partition coefficient (Wildman–Crippen LogP) is 2.10. The third kappa shape index (κ3) is 1.33. The minimum Gasteiger partial charge on any atom is -0.340 e. The van der Waals surface area contributed by atoms with E-state index in [4.69, 9.17) is 9.47 Å². The van der Waals surface area contributed by atoms with E-state index in [1.54, 1.807) is 6.08 Å². The van der Waals surface area contributed by atoms with Crippen LogP contribution in [0.25, 0.3) is 0 Å². The summed E-state index contributed by atoms with van der Waals surface area (Å²) < 4.78 is 11.1. The average Bonchev–Trinajstić information content (AvgIpc) is 2.03. The summed E-state index contributed by atoms with van der Waals surface area (Å²) in [6.07, 6.45) is 1.43. The van der Waals surface area contributed by atoms with Crippen molar-refractivity contribution in [2.24, 2.45) is 0 Å². The molecular formula is C9H16O2. The van der Waals surface area contributed by atoms with Crippen LogP contribution < -0.4 is 0 Å². The Labute approximate surface area is 68.2 Å². The van der Waals surface area contributed by atoms with Crippen LogP contribution in [0, 0.1) is 0 Å². The van der Waals surface area contributed by atoms with Crippen molar-refractivity contribution >= 4 is 0 Å². The van der Waals surface area contributed by atoms with Crippen LogP contribution >= 0.6 is 0 Å². The van der Waals surface area contributed by atoms with Crippen molar-refractivity contribution in [3.63, 3.8) is 0 Å². The normalized spacial score (nSPS) is 28.7. The Morgan fingerprint density at radius 2 is 1.45 bits per heavy atom. The van der Waals surface area contributed by atoms with Gasteiger partial charge in [-0.25, -0.2) is 0 Å². The molecule has 0 spiro atoms. The maximum Gasteiger partial charge on any atom is 0.178 e. The van der Waals surface area contributed by atoms with Gasteiger partial charge in [0.2, 0.25) is 0 Å². The maximum absolute atomic E-state index is 5.57. The van der Waals surface area contributed by atoms with Gasteiger partial charge in [0.15, 0.2) is 6.29 Å². The summed E-state index contributed by atoms with van der Waals surface area (Å²) in [5.74, 6) is 0. The lowest BCUT2D eigenvalue weighted by atomic mass is 9.90. The van der Waals surface area contributed by atoms with Crippen LogP contribution in [0.1, 0.15) is 27.7 Å². The van der Waals surface area contributed by atoms with Crippen molar-refractivity contribution in [2.45, 2.75) is 45.2 Å². The van der Waals surface area contributed by atoms with E-state index in [2.05, 4.69) is 6.58 Å². The molecule has 0 atom stereocenters. The highest BCUT2D eigenvalue weighted by Gasteiger charge is 2.48. The van der Waals surface area contributed by atoms with Crippen LogP contribution in [-0.2, 0) is 9.47 Å². The van der Waals surface area contributed by atoms with Crippen LogP contribution in [0.5, 0.6) is 0 Å². The Bertz CT molecular complexity index is 154. The predicted molar refractivity (Wildman–Crippen MR) is 44.3 cm³/mol. The quantitative estimate of drug-likeness (QED) is 0.541. The lowest BCUT2D eigenvalue weighted by Gasteiger charge is -2.30. The molecule has 2 heteroatoms. The lowest BCUT2D eigenvalue weighted by molar-refractivity contribution is -0.0503. The molecule has 1 saturated heterocycles. The van der Waals surface area contributed by atoms with E-state index in [9.17, 15) is 0 Å². The molecule has 0 saturated carbocycles. The fourth-order valence-corrected chi connectivity index (χ4v) is 0.985. The van der Waals surface area contributed by atoms with Crippen molar-refractivity contribution < 1.29 is 9.47 Å². The topological polar surface area (TPSA) is 18.5 Å². The number of hydrogen-bond acceptors (Lipinski definition) is 2. The summed E-state index contributed by atoms with van der Waals surface area (Å²) in [5, 5.41) is 0. The Hall–Kier alpha value is -0.340. The summed E-state index contributed by atoms with van der Waals surface area (Å²) in [5.41, 5.74) is -0.461. The molecule has 64 valence electrons. The second-order valence-corrected chi connectivity index (χ2v) is 3.86. The van der Waals surface area contributed by atoms with Gasteiger partial charge < -0.3 is 9.47 Å². The van der Waals surface area contributed by atoms with Crippen LogP contribution in [0.2, 0.25) is 0 Å². The van der Waals surface area contributed by atoms with Gasteiger partial charge in [0.05, 0.1) is 11.2 Å². The molecular weight excluding hydrogens is 140 g/mol.